The topological polar surface area (TPSA) is 86.7 Å². The molecule has 20 heavy (non-hydrogen) atoms. The van der Waals surface area contributed by atoms with Gasteiger partial charge in [0.05, 0.1) is 12.7 Å². The van der Waals surface area contributed by atoms with E-state index in [0.29, 0.717) is 22.8 Å². The number of carbonyl (C=O) groups excluding carboxylic acids is 1. The van der Waals surface area contributed by atoms with Gasteiger partial charge in [0.2, 0.25) is 0 Å². The van der Waals surface area contributed by atoms with Crippen LogP contribution in [-0.4, -0.2) is 13.0 Å². The Kier molecular flexibility index (Phi) is 4.27. The highest BCUT2D eigenvalue weighted by atomic mass is 16.5. The molecule has 0 saturated heterocycles. The van der Waals surface area contributed by atoms with E-state index in [4.69, 9.17) is 19.7 Å². The molecule has 3 N–H and O–H groups in total. The molecule has 0 radical (unpaired) electrons. The minimum Gasteiger partial charge on any atom is -0.493 e. The summed E-state index contributed by atoms with van der Waals surface area (Å²) in [4.78, 5) is 11.3. The maximum Gasteiger partial charge on any atom is 0.268 e. The molecule has 106 valence electrons. The standard InChI is InChI=1S/C14H16N2O4/c1-9-3-4-12(13(5-9)18-2)20-8-11-6-10(7-19-11)14(17)16-15/h3-7H,8,15H2,1-2H3,(H,16,17). The fourth-order valence-corrected chi connectivity index (χ4v) is 1.70. The van der Waals surface area contributed by atoms with Gasteiger partial charge in [-0.15, -0.1) is 0 Å². The molecule has 0 spiro atoms. The van der Waals surface area contributed by atoms with E-state index in [2.05, 4.69) is 0 Å². The molecule has 1 amide bonds. The number of amides is 1. The van der Waals surface area contributed by atoms with Gasteiger partial charge >= 0.3 is 0 Å². The van der Waals surface area contributed by atoms with Crippen LogP contribution in [-0.2, 0) is 6.61 Å². The largest absolute Gasteiger partial charge is 0.493 e. The number of hydrogen-bond donors (Lipinski definition) is 2. The third-order valence-electron chi connectivity index (χ3n) is 2.74. The first-order chi connectivity index (χ1) is 9.63. The number of nitrogens with two attached hydrogens (primary N) is 1. The minimum atomic E-state index is -0.409. The molecule has 0 aliphatic carbocycles. The Balaban J connectivity index is 2.05. The van der Waals surface area contributed by atoms with Crippen LogP contribution in [0.25, 0.3) is 0 Å². The van der Waals surface area contributed by atoms with Gasteiger partial charge in [-0.25, -0.2) is 5.84 Å². The summed E-state index contributed by atoms with van der Waals surface area (Å²) in [5.41, 5.74) is 3.46. The summed E-state index contributed by atoms with van der Waals surface area (Å²) in [6, 6.07) is 7.20. The maximum absolute atomic E-state index is 11.3. The molecular formula is C14H16N2O4. The van der Waals surface area contributed by atoms with E-state index >= 15 is 0 Å². The van der Waals surface area contributed by atoms with Crippen LogP contribution in [0.4, 0.5) is 0 Å². The molecule has 2 rings (SSSR count). The van der Waals surface area contributed by atoms with Gasteiger partial charge in [0.25, 0.3) is 5.91 Å². The zero-order valence-electron chi connectivity index (χ0n) is 11.3. The summed E-state index contributed by atoms with van der Waals surface area (Å²) < 4.78 is 16.1. The zero-order valence-corrected chi connectivity index (χ0v) is 11.3. The molecule has 2 aromatic rings. The van der Waals surface area contributed by atoms with Crippen LogP contribution in [0.15, 0.2) is 34.9 Å². The van der Waals surface area contributed by atoms with Crippen molar-refractivity contribution in [2.75, 3.05) is 7.11 Å². The molecule has 1 aromatic carbocycles. The molecule has 0 aliphatic heterocycles. The van der Waals surface area contributed by atoms with Crippen LogP contribution in [0.1, 0.15) is 21.7 Å². The van der Waals surface area contributed by atoms with E-state index in [9.17, 15) is 4.79 Å². The average Bonchev–Trinajstić information content (AvgIpc) is 2.93. The predicted octanol–water partition coefficient (Wildman–Crippen LogP) is 1.78. The lowest BCUT2D eigenvalue weighted by Gasteiger charge is -2.10. The molecule has 6 heteroatoms. The van der Waals surface area contributed by atoms with Crippen LogP contribution < -0.4 is 20.7 Å². The second-order valence-corrected chi connectivity index (χ2v) is 4.22. The summed E-state index contributed by atoms with van der Waals surface area (Å²) in [6.07, 6.45) is 1.33. The lowest BCUT2D eigenvalue weighted by atomic mass is 10.2. The number of ether oxygens (including phenoxy) is 2. The van der Waals surface area contributed by atoms with Crippen molar-refractivity contribution in [3.63, 3.8) is 0 Å². The highest BCUT2D eigenvalue weighted by Crippen LogP contribution is 2.28. The Morgan fingerprint density at radius 3 is 2.85 bits per heavy atom. The maximum atomic E-state index is 11.3. The Hall–Kier alpha value is -2.47. The fourth-order valence-electron chi connectivity index (χ4n) is 1.70. The summed E-state index contributed by atoms with van der Waals surface area (Å²) in [5.74, 6) is 6.41. The minimum absolute atomic E-state index is 0.192. The van der Waals surface area contributed by atoms with E-state index < -0.39 is 5.91 Å². The van der Waals surface area contributed by atoms with E-state index in [1.807, 2.05) is 30.5 Å². The first-order valence-electron chi connectivity index (χ1n) is 6.00. The number of rotatable bonds is 5. The van der Waals surface area contributed by atoms with E-state index in [1.54, 1.807) is 13.2 Å². The SMILES string of the molecule is COc1cc(C)ccc1OCc1cc(C(=O)NN)co1. The van der Waals surface area contributed by atoms with Crippen LogP contribution in [0.5, 0.6) is 11.5 Å². The first-order valence-corrected chi connectivity index (χ1v) is 6.00. The Bertz CT molecular complexity index is 607. The van der Waals surface area contributed by atoms with Gasteiger partial charge in [0, 0.05) is 0 Å². The van der Waals surface area contributed by atoms with Crippen LogP contribution >= 0.6 is 0 Å². The number of carbonyl (C=O) groups is 1. The van der Waals surface area contributed by atoms with Crippen molar-refractivity contribution in [1.82, 2.24) is 5.43 Å². The Morgan fingerprint density at radius 2 is 2.15 bits per heavy atom. The van der Waals surface area contributed by atoms with Gasteiger partial charge in [-0.05, 0) is 30.7 Å². The van der Waals surface area contributed by atoms with E-state index in [1.165, 1.54) is 6.26 Å². The van der Waals surface area contributed by atoms with Gasteiger partial charge in [-0.2, -0.15) is 0 Å². The smallest absolute Gasteiger partial charge is 0.268 e. The fraction of sp³-hybridized carbons (Fsp3) is 0.214. The molecule has 0 fully saturated rings. The lowest BCUT2D eigenvalue weighted by Crippen LogP contribution is -2.29. The van der Waals surface area contributed by atoms with Crippen molar-refractivity contribution in [3.05, 3.63) is 47.4 Å². The monoisotopic (exact) mass is 276 g/mol. The number of benzene rings is 1. The average molecular weight is 276 g/mol. The molecule has 6 nitrogen and oxygen atoms in total. The van der Waals surface area contributed by atoms with Crippen molar-refractivity contribution < 1.29 is 18.7 Å². The van der Waals surface area contributed by atoms with Crippen LogP contribution in [0.3, 0.4) is 0 Å². The number of furan rings is 1. The quantitative estimate of drug-likeness (QED) is 0.494. The second-order valence-electron chi connectivity index (χ2n) is 4.22. The van der Waals surface area contributed by atoms with E-state index in [0.717, 1.165) is 5.56 Å². The molecular weight excluding hydrogens is 260 g/mol. The number of hydrogen-bond acceptors (Lipinski definition) is 5. The number of hydrazine groups is 1. The normalized spacial score (nSPS) is 10.2. The van der Waals surface area contributed by atoms with Gasteiger partial charge in [-0.3, -0.25) is 10.2 Å². The Morgan fingerprint density at radius 1 is 1.35 bits per heavy atom. The van der Waals surface area contributed by atoms with Gasteiger partial charge in [0.15, 0.2) is 11.5 Å². The summed E-state index contributed by atoms with van der Waals surface area (Å²) >= 11 is 0. The van der Waals surface area contributed by atoms with Crippen LogP contribution in [0.2, 0.25) is 0 Å². The van der Waals surface area contributed by atoms with Crippen LogP contribution in [0, 0.1) is 6.92 Å². The van der Waals surface area contributed by atoms with Gasteiger partial charge in [-0.1, -0.05) is 6.07 Å². The Labute approximate surface area is 116 Å². The van der Waals surface area contributed by atoms with Crippen molar-refractivity contribution >= 4 is 5.91 Å². The van der Waals surface area contributed by atoms with Crippen molar-refractivity contribution in [1.29, 1.82) is 0 Å². The van der Waals surface area contributed by atoms with Crippen molar-refractivity contribution in [2.45, 2.75) is 13.5 Å². The number of methoxy groups -OCH3 is 1. The molecule has 0 aliphatic rings. The van der Waals surface area contributed by atoms with Gasteiger partial charge in [0.1, 0.15) is 18.6 Å². The summed E-state index contributed by atoms with van der Waals surface area (Å²) in [7, 11) is 1.58. The second kappa shape index (κ2) is 6.12. The predicted molar refractivity (Wildman–Crippen MR) is 72.4 cm³/mol. The number of aryl methyl sites for hydroxylation is 1. The highest BCUT2D eigenvalue weighted by Gasteiger charge is 2.10. The van der Waals surface area contributed by atoms with Crippen molar-refractivity contribution in [2.24, 2.45) is 5.84 Å². The van der Waals surface area contributed by atoms with Gasteiger partial charge < -0.3 is 13.9 Å². The third-order valence-corrected chi connectivity index (χ3v) is 2.74. The number of nitrogens with one attached hydrogen (secondary N) is 1. The zero-order chi connectivity index (χ0) is 14.5. The number of nitrogen functional groups attached to an aromatic ring is 1. The molecule has 0 atom stereocenters. The third kappa shape index (κ3) is 3.10. The summed E-state index contributed by atoms with van der Waals surface area (Å²) in [6.45, 7) is 2.16. The first kappa shape index (κ1) is 14.0. The molecule has 0 saturated carbocycles. The summed E-state index contributed by atoms with van der Waals surface area (Å²) in [5, 5.41) is 0. The highest BCUT2D eigenvalue weighted by molar-refractivity contribution is 5.93. The molecule has 1 heterocycles. The molecule has 0 bridgehead atoms. The molecule has 0 unspecified atom stereocenters. The van der Waals surface area contributed by atoms with E-state index in [-0.39, 0.29) is 6.61 Å². The lowest BCUT2D eigenvalue weighted by molar-refractivity contribution is 0.0953. The van der Waals surface area contributed by atoms with Crippen molar-refractivity contribution in [3.8, 4) is 11.5 Å². The molecule has 1 aromatic heterocycles.